The minimum Gasteiger partial charge on any atom is -0.356 e. The topological polar surface area (TPSA) is 75.2 Å². The van der Waals surface area contributed by atoms with E-state index in [1.165, 1.54) is 11.9 Å². The summed E-state index contributed by atoms with van der Waals surface area (Å²) >= 11 is 0. The summed E-state index contributed by atoms with van der Waals surface area (Å²) in [7, 11) is 1.51. The lowest BCUT2D eigenvalue weighted by molar-refractivity contribution is -0.146. The van der Waals surface area contributed by atoms with Crippen molar-refractivity contribution in [1.82, 2.24) is 15.1 Å². The van der Waals surface area contributed by atoms with E-state index in [1.807, 2.05) is 24.3 Å². The fourth-order valence-corrected chi connectivity index (χ4v) is 2.35. The Hall–Kier alpha value is -2.50. The van der Waals surface area contributed by atoms with Crippen molar-refractivity contribution in [3.8, 4) is 0 Å². The van der Waals surface area contributed by atoms with Gasteiger partial charge >= 0.3 is 0 Å². The second-order valence-corrected chi connectivity index (χ2v) is 4.81. The molecule has 1 saturated heterocycles. The van der Waals surface area contributed by atoms with Gasteiger partial charge in [-0.05, 0) is 6.42 Å². The zero-order valence-electron chi connectivity index (χ0n) is 11.0. The predicted octanol–water partition coefficient (Wildman–Crippen LogP) is 1.19. The lowest BCUT2D eigenvalue weighted by atomic mass is 10.0. The van der Waals surface area contributed by atoms with Gasteiger partial charge in [0.15, 0.2) is 5.82 Å². The molecule has 1 aromatic carbocycles. The molecule has 2 aromatic rings. The van der Waals surface area contributed by atoms with E-state index in [2.05, 4.69) is 15.5 Å². The molecule has 0 saturated carbocycles. The van der Waals surface area contributed by atoms with E-state index in [1.54, 1.807) is 6.20 Å². The Balaban J connectivity index is 1.90. The van der Waals surface area contributed by atoms with E-state index >= 15 is 0 Å². The van der Waals surface area contributed by atoms with E-state index in [0.29, 0.717) is 18.7 Å². The second kappa shape index (κ2) is 4.88. The van der Waals surface area contributed by atoms with Crippen molar-refractivity contribution in [1.29, 1.82) is 0 Å². The highest BCUT2D eigenvalue weighted by Gasteiger charge is 2.32. The van der Waals surface area contributed by atoms with E-state index in [4.69, 9.17) is 0 Å². The maximum absolute atomic E-state index is 12.1. The third-order valence-electron chi connectivity index (χ3n) is 3.53. The zero-order chi connectivity index (χ0) is 14.1. The van der Waals surface area contributed by atoms with E-state index in [0.717, 1.165) is 10.8 Å². The molecular weight excluding hydrogens is 256 g/mol. The van der Waals surface area contributed by atoms with Gasteiger partial charge in [-0.1, -0.05) is 24.3 Å². The van der Waals surface area contributed by atoms with Crippen LogP contribution in [0.25, 0.3) is 10.8 Å². The van der Waals surface area contributed by atoms with Gasteiger partial charge in [-0.25, -0.2) is 0 Å². The fraction of sp³-hybridized carbons (Fsp3) is 0.286. The minimum absolute atomic E-state index is 0.142. The molecule has 2 heterocycles. The maximum atomic E-state index is 12.1. The largest absolute Gasteiger partial charge is 0.356 e. The highest BCUT2D eigenvalue weighted by molar-refractivity contribution is 6.02. The van der Waals surface area contributed by atoms with Crippen LogP contribution in [0.15, 0.2) is 30.5 Å². The van der Waals surface area contributed by atoms with Crippen LogP contribution < -0.4 is 5.32 Å². The van der Waals surface area contributed by atoms with E-state index < -0.39 is 6.04 Å². The van der Waals surface area contributed by atoms with Crippen LogP contribution in [-0.2, 0) is 9.59 Å². The number of carbonyl (C=O) groups is 2. The number of rotatable bonds is 2. The molecule has 102 valence electrons. The molecule has 0 aliphatic carbocycles. The van der Waals surface area contributed by atoms with Gasteiger partial charge in [0, 0.05) is 24.2 Å². The first kappa shape index (κ1) is 12.5. The maximum Gasteiger partial charge on any atom is 0.251 e. The van der Waals surface area contributed by atoms with Crippen molar-refractivity contribution in [2.24, 2.45) is 0 Å². The van der Waals surface area contributed by atoms with Crippen molar-refractivity contribution in [2.45, 2.75) is 18.9 Å². The highest BCUT2D eigenvalue weighted by Crippen LogP contribution is 2.22. The number of anilines is 1. The highest BCUT2D eigenvalue weighted by atomic mass is 16.2. The van der Waals surface area contributed by atoms with Crippen molar-refractivity contribution < 1.29 is 9.59 Å². The molecule has 0 spiro atoms. The third kappa shape index (κ3) is 2.09. The van der Waals surface area contributed by atoms with Gasteiger partial charge < -0.3 is 5.32 Å². The number of amides is 2. The summed E-state index contributed by atoms with van der Waals surface area (Å²) in [5.41, 5.74) is 0. The SMILES string of the molecule is CN1C(=O)CCC(Nc2nncc3ccccc23)C1=O. The number of likely N-dealkylation sites (N-methyl/N-ethyl adjacent to an activating group) is 1. The molecule has 20 heavy (non-hydrogen) atoms. The quantitative estimate of drug-likeness (QED) is 0.830. The van der Waals surface area contributed by atoms with Crippen molar-refractivity contribution in [2.75, 3.05) is 12.4 Å². The van der Waals surface area contributed by atoms with Crippen LogP contribution in [-0.4, -0.2) is 40.0 Å². The van der Waals surface area contributed by atoms with E-state index in [-0.39, 0.29) is 11.8 Å². The van der Waals surface area contributed by atoms with Crippen molar-refractivity contribution in [3.63, 3.8) is 0 Å². The first-order chi connectivity index (χ1) is 9.66. The summed E-state index contributed by atoms with van der Waals surface area (Å²) in [5.74, 6) is 0.206. The molecule has 1 aliphatic heterocycles. The lowest BCUT2D eigenvalue weighted by Crippen LogP contribution is -2.48. The van der Waals surface area contributed by atoms with Crippen molar-refractivity contribution >= 4 is 28.4 Å². The monoisotopic (exact) mass is 270 g/mol. The molecule has 0 bridgehead atoms. The van der Waals surface area contributed by atoms with Gasteiger partial charge in [-0.2, -0.15) is 5.10 Å². The number of nitrogens with one attached hydrogen (secondary N) is 1. The number of hydrogen-bond acceptors (Lipinski definition) is 5. The molecular formula is C14H14N4O2. The number of aromatic nitrogens is 2. The molecule has 0 radical (unpaired) electrons. The van der Waals surface area contributed by atoms with Crippen LogP contribution in [0.4, 0.5) is 5.82 Å². The number of hydrogen-bond donors (Lipinski definition) is 1. The van der Waals surface area contributed by atoms with Gasteiger partial charge in [-0.15, -0.1) is 5.10 Å². The average Bonchev–Trinajstić information content (AvgIpc) is 2.48. The molecule has 3 rings (SSSR count). The van der Waals surface area contributed by atoms with Gasteiger partial charge in [-0.3, -0.25) is 14.5 Å². The molecule has 1 atom stereocenters. The molecule has 1 N–H and O–H groups in total. The Labute approximate surface area is 115 Å². The van der Waals surface area contributed by atoms with Crippen LogP contribution in [0.2, 0.25) is 0 Å². The Morgan fingerprint density at radius 1 is 1.30 bits per heavy atom. The van der Waals surface area contributed by atoms with Gasteiger partial charge in [0.25, 0.3) is 5.91 Å². The molecule has 1 unspecified atom stereocenters. The van der Waals surface area contributed by atoms with Crippen LogP contribution in [0, 0.1) is 0 Å². The van der Waals surface area contributed by atoms with Gasteiger partial charge in [0.05, 0.1) is 6.20 Å². The number of likely N-dealkylation sites (tertiary alicyclic amines) is 1. The third-order valence-corrected chi connectivity index (χ3v) is 3.53. The van der Waals surface area contributed by atoms with Gasteiger partial charge in [0.2, 0.25) is 5.91 Å². The Morgan fingerprint density at radius 3 is 2.95 bits per heavy atom. The molecule has 1 aromatic heterocycles. The number of imide groups is 1. The Kier molecular flexibility index (Phi) is 3.06. The lowest BCUT2D eigenvalue weighted by Gasteiger charge is -2.28. The average molecular weight is 270 g/mol. The van der Waals surface area contributed by atoms with Crippen molar-refractivity contribution in [3.05, 3.63) is 30.5 Å². The second-order valence-electron chi connectivity index (χ2n) is 4.81. The van der Waals surface area contributed by atoms with E-state index in [9.17, 15) is 9.59 Å². The first-order valence-corrected chi connectivity index (χ1v) is 6.44. The smallest absolute Gasteiger partial charge is 0.251 e. The normalized spacial score (nSPS) is 19.4. The number of fused-ring (bicyclic) bond motifs is 1. The molecule has 1 aliphatic rings. The number of piperidine rings is 1. The standard InChI is InChI=1S/C14H14N4O2/c1-18-12(19)7-6-11(14(18)20)16-13-10-5-3-2-4-9(10)8-15-17-13/h2-5,8,11H,6-7H2,1H3,(H,16,17). The van der Waals surface area contributed by atoms with Crippen LogP contribution >= 0.6 is 0 Å². The summed E-state index contributed by atoms with van der Waals surface area (Å²) in [6.07, 6.45) is 2.52. The first-order valence-electron chi connectivity index (χ1n) is 6.44. The minimum atomic E-state index is -0.433. The summed E-state index contributed by atoms with van der Waals surface area (Å²) in [5, 5.41) is 13.0. The summed E-state index contributed by atoms with van der Waals surface area (Å²) in [6, 6.07) is 7.26. The van der Waals surface area contributed by atoms with Crippen LogP contribution in [0.3, 0.4) is 0 Å². The predicted molar refractivity (Wildman–Crippen MR) is 74.0 cm³/mol. The summed E-state index contributed by atoms with van der Waals surface area (Å²) in [6.45, 7) is 0. The van der Waals surface area contributed by atoms with Crippen LogP contribution in [0.1, 0.15) is 12.8 Å². The zero-order valence-corrected chi connectivity index (χ0v) is 11.0. The molecule has 6 nitrogen and oxygen atoms in total. The van der Waals surface area contributed by atoms with Crippen LogP contribution in [0.5, 0.6) is 0 Å². The molecule has 6 heteroatoms. The number of nitrogens with zero attached hydrogens (tertiary/aromatic N) is 3. The number of carbonyl (C=O) groups excluding carboxylic acids is 2. The number of benzene rings is 1. The van der Waals surface area contributed by atoms with Gasteiger partial charge in [0.1, 0.15) is 6.04 Å². The fourth-order valence-electron chi connectivity index (χ4n) is 2.35. The summed E-state index contributed by atoms with van der Waals surface area (Å²) < 4.78 is 0. The Morgan fingerprint density at radius 2 is 2.10 bits per heavy atom. The molecule has 1 fully saturated rings. The Bertz CT molecular complexity index is 680. The molecule has 2 amide bonds. The summed E-state index contributed by atoms with van der Waals surface area (Å²) in [4.78, 5) is 24.7.